The van der Waals surface area contributed by atoms with Gasteiger partial charge in [0.2, 0.25) is 5.88 Å². The molecule has 1 aromatic heterocycles. The van der Waals surface area contributed by atoms with E-state index in [1.807, 2.05) is 66.7 Å². The van der Waals surface area contributed by atoms with Crippen molar-refractivity contribution < 1.29 is 9.53 Å². The van der Waals surface area contributed by atoms with Gasteiger partial charge >= 0.3 is 0 Å². The predicted octanol–water partition coefficient (Wildman–Crippen LogP) is 5.54. The van der Waals surface area contributed by atoms with Crippen LogP contribution in [0.1, 0.15) is 23.6 Å². The highest BCUT2D eigenvalue weighted by atomic mass is 16.5. The van der Waals surface area contributed by atoms with Gasteiger partial charge in [-0.2, -0.15) is 5.10 Å². The number of nitrogens with zero attached hydrogens (tertiary/aromatic N) is 4. The van der Waals surface area contributed by atoms with Crippen molar-refractivity contribution >= 4 is 33.3 Å². The van der Waals surface area contributed by atoms with Crippen LogP contribution in [0.15, 0.2) is 108 Å². The van der Waals surface area contributed by atoms with Gasteiger partial charge in [0.1, 0.15) is 6.33 Å². The molecular weight excluding hydrogens is 436 g/mol. The molecule has 0 radical (unpaired) electrons. The predicted molar refractivity (Wildman–Crippen MR) is 136 cm³/mol. The highest BCUT2D eigenvalue weighted by Gasteiger charge is 2.33. The minimum absolute atomic E-state index is 0.168. The summed E-state index contributed by atoms with van der Waals surface area (Å²) in [6, 6.07) is 31.9. The van der Waals surface area contributed by atoms with E-state index in [0.717, 1.165) is 33.1 Å². The van der Waals surface area contributed by atoms with Gasteiger partial charge in [0.25, 0.3) is 5.91 Å². The van der Waals surface area contributed by atoms with Crippen molar-refractivity contribution in [1.29, 1.82) is 0 Å². The number of para-hydroxylation sites is 1. The molecule has 6 rings (SSSR count). The zero-order valence-corrected chi connectivity index (χ0v) is 18.9. The van der Waals surface area contributed by atoms with Crippen molar-refractivity contribution in [3.8, 4) is 5.88 Å². The third kappa shape index (κ3) is 4.10. The van der Waals surface area contributed by atoms with Gasteiger partial charge in [-0.05, 0) is 40.1 Å². The molecule has 6 heteroatoms. The molecule has 0 aliphatic carbocycles. The van der Waals surface area contributed by atoms with E-state index in [4.69, 9.17) is 9.84 Å². The van der Waals surface area contributed by atoms with Crippen LogP contribution in [-0.2, 0) is 4.79 Å². The molecule has 2 heterocycles. The Morgan fingerprint density at radius 1 is 0.857 bits per heavy atom. The van der Waals surface area contributed by atoms with Crippen LogP contribution in [0.5, 0.6) is 5.88 Å². The van der Waals surface area contributed by atoms with Crippen LogP contribution in [0.4, 0.5) is 0 Å². The molecular formula is C29H22N4O2. The van der Waals surface area contributed by atoms with Crippen LogP contribution in [-0.4, -0.2) is 33.2 Å². The molecule has 0 fully saturated rings. The monoisotopic (exact) mass is 458 g/mol. The largest absolute Gasteiger partial charge is 0.467 e. The van der Waals surface area contributed by atoms with Crippen LogP contribution >= 0.6 is 0 Å². The summed E-state index contributed by atoms with van der Waals surface area (Å²) in [7, 11) is 0. The van der Waals surface area contributed by atoms with Crippen molar-refractivity contribution in [3.05, 3.63) is 115 Å². The second-order valence-electron chi connectivity index (χ2n) is 8.46. The molecule has 6 nitrogen and oxygen atoms in total. The van der Waals surface area contributed by atoms with Crippen molar-refractivity contribution in [2.24, 2.45) is 5.10 Å². The maximum Gasteiger partial charge on any atom is 0.281 e. The maximum atomic E-state index is 13.4. The minimum atomic E-state index is -0.225. The summed E-state index contributed by atoms with van der Waals surface area (Å²) >= 11 is 0. The molecule has 1 amide bonds. The lowest BCUT2D eigenvalue weighted by Crippen LogP contribution is -2.31. The second-order valence-corrected chi connectivity index (χ2v) is 8.46. The van der Waals surface area contributed by atoms with Crippen LogP contribution in [0.25, 0.3) is 21.7 Å². The summed E-state index contributed by atoms with van der Waals surface area (Å²) in [5, 5.41) is 9.43. The van der Waals surface area contributed by atoms with Gasteiger partial charge in [0.15, 0.2) is 6.61 Å². The summed E-state index contributed by atoms with van der Waals surface area (Å²) in [6.45, 7) is -0.168. The Labute approximate surface area is 202 Å². The normalized spacial score (nSPS) is 15.4. The minimum Gasteiger partial charge on any atom is -0.467 e. The molecule has 0 spiro atoms. The van der Waals surface area contributed by atoms with Gasteiger partial charge in [-0.1, -0.05) is 78.9 Å². The highest BCUT2D eigenvalue weighted by molar-refractivity contribution is 6.05. The first kappa shape index (κ1) is 21.0. The molecule has 0 N–H and O–H groups in total. The first-order valence-corrected chi connectivity index (χ1v) is 11.5. The maximum absolute atomic E-state index is 13.4. The van der Waals surface area contributed by atoms with Gasteiger partial charge in [-0.3, -0.25) is 4.79 Å². The number of amides is 1. The summed E-state index contributed by atoms with van der Waals surface area (Å²) < 4.78 is 5.86. The SMILES string of the molecule is O=C(COc1ncnc2ccccc12)N1N=C(c2ccc3ccccc3c2)C[C@H]1c1ccccc1. The standard InChI is InChI=1S/C29H22N4O2/c34-28(18-35-29-24-12-6-7-13-25(24)30-19-31-29)33-27(21-9-2-1-3-10-21)17-26(32-33)23-15-14-20-8-4-5-11-22(20)16-23/h1-16,19,27H,17-18H2/t27-/m0/s1. The summed E-state index contributed by atoms with van der Waals surface area (Å²) in [5.74, 6) is 0.162. The van der Waals surface area contributed by atoms with E-state index in [0.29, 0.717) is 12.3 Å². The molecule has 0 unspecified atom stereocenters. The Morgan fingerprint density at radius 3 is 2.51 bits per heavy atom. The van der Waals surface area contributed by atoms with E-state index < -0.39 is 0 Å². The number of carbonyl (C=O) groups is 1. The van der Waals surface area contributed by atoms with E-state index in [1.54, 1.807) is 5.01 Å². The van der Waals surface area contributed by atoms with Gasteiger partial charge in [-0.25, -0.2) is 15.0 Å². The smallest absolute Gasteiger partial charge is 0.281 e. The van der Waals surface area contributed by atoms with Crippen molar-refractivity contribution in [2.75, 3.05) is 6.61 Å². The van der Waals surface area contributed by atoms with E-state index in [-0.39, 0.29) is 18.6 Å². The first-order valence-electron chi connectivity index (χ1n) is 11.5. The zero-order chi connectivity index (χ0) is 23.6. The second kappa shape index (κ2) is 8.99. The van der Waals surface area contributed by atoms with Gasteiger partial charge < -0.3 is 4.74 Å². The number of aromatic nitrogens is 2. The third-order valence-electron chi connectivity index (χ3n) is 6.27. The molecule has 1 aliphatic rings. The molecule has 1 aliphatic heterocycles. The summed E-state index contributed by atoms with van der Waals surface area (Å²) in [4.78, 5) is 21.9. The summed E-state index contributed by atoms with van der Waals surface area (Å²) in [5.41, 5.74) is 3.70. The highest BCUT2D eigenvalue weighted by Crippen LogP contribution is 2.33. The number of ether oxygens (including phenoxy) is 1. The summed E-state index contributed by atoms with van der Waals surface area (Å²) in [6.07, 6.45) is 2.07. The van der Waals surface area contributed by atoms with Crippen LogP contribution in [0.3, 0.4) is 0 Å². The molecule has 170 valence electrons. The molecule has 4 aromatic carbocycles. The van der Waals surface area contributed by atoms with Gasteiger partial charge in [0.05, 0.1) is 22.7 Å². The Bertz CT molecular complexity index is 1560. The number of hydrazone groups is 1. The lowest BCUT2D eigenvalue weighted by Gasteiger charge is -2.22. The Hall–Kier alpha value is -4.58. The zero-order valence-electron chi connectivity index (χ0n) is 18.9. The topological polar surface area (TPSA) is 67.7 Å². The van der Waals surface area contributed by atoms with E-state index in [9.17, 15) is 4.79 Å². The molecule has 5 aromatic rings. The molecule has 0 saturated heterocycles. The van der Waals surface area contributed by atoms with Gasteiger partial charge in [0, 0.05) is 6.42 Å². The van der Waals surface area contributed by atoms with Gasteiger partial charge in [-0.15, -0.1) is 0 Å². The van der Waals surface area contributed by atoms with E-state index in [2.05, 4.69) is 40.3 Å². The fourth-order valence-electron chi connectivity index (χ4n) is 4.51. The fraction of sp³-hybridized carbons (Fsp3) is 0.103. The van der Waals surface area contributed by atoms with E-state index >= 15 is 0 Å². The Morgan fingerprint density at radius 2 is 1.63 bits per heavy atom. The number of fused-ring (bicyclic) bond motifs is 2. The number of hydrogen-bond acceptors (Lipinski definition) is 5. The number of carbonyl (C=O) groups excluding carboxylic acids is 1. The Kier molecular flexibility index (Phi) is 5.39. The molecule has 0 bridgehead atoms. The fourth-order valence-corrected chi connectivity index (χ4v) is 4.51. The average molecular weight is 459 g/mol. The average Bonchev–Trinajstić information content (AvgIpc) is 3.38. The third-order valence-corrected chi connectivity index (χ3v) is 6.27. The van der Waals surface area contributed by atoms with Crippen molar-refractivity contribution in [3.63, 3.8) is 0 Å². The van der Waals surface area contributed by atoms with Crippen LogP contribution in [0, 0.1) is 0 Å². The Balaban J connectivity index is 1.30. The molecule has 0 saturated carbocycles. The number of benzene rings is 4. The number of rotatable bonds is 5. The molecule has 1 atom stereocenters. The van der Waals surface area contributed by atoms with Crippen molar-refractivity contribution in [2.45, 2.75) is 12.5 Å². The lowest BCUT2D eigenvalue weighted by atomic mass is 9.97. The molecule has 35 heavy (non-hydrogen) atoms. The van der Waals surface area contributed by atoms with Crippen molar-refractivity contribution in [1.82, 2.24) is 15.0 Å². The lowest BCUT2D eigenvalue weighted by molar-refractivity contribution is -0.135. The number of hydrogen-bond donors (Lipinski definition) is 0. The van der Waals surface area contributed by atoms with E-state index in [1.165, 1.54) is 11.7 Å². The van der Waals surface area contributed by atoms with Crippen LogP contribution in [0.2, 0.25) is 0 Å². The quantitative estimate of drug-likeness (QED) is 0.347. The van der Waals surface area contributed by atoms with Crippen LogP contribution < -0.4 is 4.74 Å². The first-order chi connectivity index (χ1) is 17.3.